The highest BCUT2D eigenvalue weighted by Gasteiger charge is 2.21. The molecule has 0 spiro atoms. The second kappa shape index (κ2) is 5.59. The first-order valence-corrected chi connectivity index (χ1v) is 8.02. The monoisotopic (exact) mass is 298 g/mol. The smallest absolute Gasteiger partial charge is 0.242 e. The molecule has 0 unspecified atom stereocenters. The van der Waals surface area contributed by atoms with E-state index in [1.165, 1.54) is 18.4 Å². The van der Waals surface area contributed by atoms with Crippen molar-refractivity contribution in [2.75, 3.05) is 58.0 Å². The highest BCUT2D eigenvalue weighted by Crippen LogP contribution is 2.28. The lowest BCUT2D eigenvalue weighted by atomic mass is 10.2. The second-order valence-corrected chi connectivity index (χ2v) is 7.45. The number of rotatable bonds is 3. The predicted octanol–water partition coefficient (Wildman–Crippen LogP) is 0.271. The van der Waals surface area contributed by atoms with Gasteiger partial charge in [0.05, 0.1) is 16.3 Å². The SMILES string of the molecule is CN1CCN(c2cc(S(=O)(=O)N(C)C)ccc2N)CC1. The van der Waals surface area contributed by atoms with E-state index in [-0.39, 0.29) is 4.90 Å². The van der Waals surface area contributed by atoms with Crippen molar-refractivity contribution in [3.63, 3.8) is 0 Å². The van der Waals surface area contributed by atoms with Gasteiger partial charge in [-0.1, -0.05) is 0 Å². The maximum absolute atomic E-state index is 12.2. The van der Waals surface area contributed by atoms with Gasteiger partial charge in [-0.3, -0.25) is 0 Å². The summed E-state index contributed by atoms with van der Waals surface area (Å²) in [6, 6.07) is 4.91. The molecule has 0 atom stereocenters. The van der Waals surface area contributed by atoms with Crippen molar-refractivity contribution in [2.24, 2.45) is 0 Å². The molecule has 1 aliphatic rings. The van der Waals surface area contributed by atoms with Crippen LogP contribution in [0.1, 0.15) is 0 Å². The number of hydrogen-bond acceptors (Lipinski definition) is 5. The molecular formula is C13H22N4O2S. The van der Waals surface area contributed by atoms with Crippen molar-refractivity contribution in [2.45, 2.75) is 4.90 Å². The van der Waals surface area contributed by atoms with Crippen molar-refractivity contribution in [3.8, 4) is 0 Å². The largest absolute Gasteiger partial charge is 0.397 e. The third kappa shape index (κ3) is 2.89. The Morgan fingerprint density at radius 2 is 1.75 bits per heavy atom. The molecule has 1 fully saturated rings. The first-order valence-electron chi connectivity index (χ1n) is 6.58. The maximum atomic E-state index is 12.2. The first kappa shape index (κ1) is 15.1. The van der Waals surface area contributed by atoms with Gasteiger partial charge in [-0.2, -0.15) is 0 Å². The van der Waals surface area contributed by atoms with Crippen LogP contribution in [0.15, 0.2) is 23.1 Å². The van der Waals surface area contributed by atoms with Crippen molar-refractivity contribution < 1.29 is 8.42 Å². The third-order valence-corrected chi connectivity index (χ3v) is 5.44. The van der Waals surface area contributed by atoms with Gasteiger partial charge in [0.25, 0.3) is 0 Å². The fraction of sp³-hybridized carbons (Fsp3) is 0.538. The summed E-state index contributed by atoms with van der Waals surface area (Å²) in [4.78, 5) is 4.67. The first-order chi connectivity index (χ1) is 9.32. The number of sulfonamides is 1. The zero-order chi connectivity index (χ0) is 14.9. The van der Waals surface area contributed by atoms with E-state index in [1.807, 2.05) is 0 Å². The highest BCUT2D eigenvalue weighted by atomic mass is 32.2. The fourth-order valence-corrected chi connectivity index (χ4v) is 3.14. The van der Waals surface area contributed by atoms with E-state index in [9.17, 15) is 8.42 Å². The summed E-state index contributed by atoms with van der Waals surface area (Å²) >= 11 is 0. The van der Waals surface area contributed by atoms with Gasteiger partial charge in [0.15, 0.2) is 0 Å². The van der Waals surface area contributed by atoms with Crippen LogP contribution in [0.2, 0.25) is 0 Å². The Bertz CT molecular complexity index is 578. The second-order valence-electron chi connectivity index (χ2n) is 5.30. The number of nitrogen functional groups attached to an aromatic ring is 1. The van der Waals surface area contributed by atoms with Gasteiger partial charge in [0, 0.05) is 40.3 Å². The van der Waals surface area contributed by atoms with Crippen molar-refractivity contribution in [3.05, 3.63) is 18.2 Å². The maximum Gasteiger partial charge on any atom is 0.242 e. The van der Waals surface area contributed by atoms with E-state index < -0.39 is 10.0 Å². The van der Waals surface area contributed by atoms with Crippen LogP contribution in [-0.4, -0.2) is 64.9 Å². The molecule has 112 valence electrons. The van der Waals surface area contributed by atoms with E-state index in [0.29, 0.717) is 5.69 Å². The van der Waals surface area contributed by atoms with Gasteiger partial charge in [0.2, 0.25) is 10.0 Å². The van der Waals surface area contributed by atoms with E-state index >= 15 is 0 Å². The summed E-state index contributed by atoms with van der Waals surface area (Å²) in [6.45, 7) is 3.60. The van der Waals surface area contributed by atoms with Crippen molar-refractivity contribution >= 4 is 21.4 Å². The molecule has 1 aromatic rings. The minimum atomic E-state index is -3.42. The number of likely N-dealkylation sites (N-methyl/N-ethyl adjacent to an activating group) is 1. The number of anilines is 2. The number of nitrogens with two attached hydrogens (primary N) is 1. The van der Waals surface area contributed by atoms with Crippen LogP contribution in [0.5, 0.6) is 0 Å². The Morgan fingerprint density at radius 1 is 1.15 bits per heavy atom. The van der Waals surface area contributed by atoms with Crippen molar-refractivity contribution in [1.82, 2.24) is 9.21 Å². The minimum absolute atomic E-state index is 0.283. The Hall–Kier alpha value is -1.31. The van der Waals surface area contributed by atoms with Crippen LogP contribution in [-0.2, 0) is 10.0 Å². The third-order valence-electron chi connectivity index (χ3n) is 3.62. The van der Waals surface area contributed by atoms with Crippen LogP contribution in [0, 0.1) is 0 Å². The van der Waals surface area contributed by atoms with Crippen molar-refractivity contribution in [1.29, 1.82) is 0 Å². The van der Waals surface area contributed by atoms with Gasteiger partial charge in [0.1, 0.15) is 0 Å². The summed E-state index contributed by atoms with van der Waals surface area (Å²) in [6.07, 6.45) is 0. The number of benzene rings is 1. The molecule has 0 amide bonds. The van der Waals surface area contributed by atoms with E-state index in [2.05, 4.69) is 16.8 Å². The lowest BCUT2D eigenvalue weighted by Gasteiger charge is -2.34. The van der Waals surface area contributed by atoms with Crippen LogP contribution in [0.3, 0.4) is 0 Å². The Kier molecular flexibility index (Phi) is 4.22. The summed E-state index contributed by atoms with van der Waals surface area (Å²) in [5.74, 6) is 0. The van der Waals surface area contributed by atoms with Gasteiger partial charge in [-0.15, -0.1) is 0 Å². The minimum Gasteiger partial charge on any atom is -0.397 e. The lowest BCUT2D eigenvalue weighted by molar-refractivity contribution is 0.313. The predicted molar refractivity (Wildman–Crippen MR) is 81.4 cm³/mol. The Balaban J connectivity index is 2.35. The topological polar surface area (TPSA) is 69.9 Å². The van der Waals surface area contributed by atoms with E-state index in [0.717, 1.165) is 31.9 Å². The molecule has 2 rings (SSSR count). The molecule has 20 heavy (non-hydrogen) atoms. The van der Waals surface area contributed by atoms with Crippen LogP contribution < -0.4 is 10.6 Å². The van der Waals surface area contributed by atoms with E-state index in [1.54, 1.807) is 18.2 Å². The van der Waals surface area contributed by atoms with Crippen LogP contribution in [0.4, 0.5) is 11.4 Å². The summed E-state index contributed by atoms with van der Waals surface area (Å²) in [5.41, 5.74) is 7.43. The lowest BCUT2D eigenvalue weighted by Crippen LogP contribution is -2.44. The van der Waals surface area contributed by atoms with Gasteiger partial charge >= 0.3 is 0 Å². The number of piperazine rings is 1. The number of nitrogens with zero attached hydrogens (tertiary/aromatic N) is 3. The molecule has 2 N–H and O–H groups in total. The van der Waals surface area contributed by atoms with Gasteiger partial charge < -0.3 is 15.5 Å². The van der Waals surface area contributed by atoms with Gasteiger partial charge in [-0.25, -0.2) is 12.7 Å². The zero-order valence-corrected chi connectivity index (χ0v) is 13.0. The standard InChI is InChI=1S/C13H22N4O2S/c1-15(2)20(18,19)11-4-5-12(14)13(10-11)17-8-6-16(3)7-9-17/h4-5,10H,6-9,14H2,1-3H3. The molecule has 1 aliphatic heterocycles. The van der Waals surface area contributed by atoms with Crippen LogP contribution in [0.25, 0.3) is 0 Å². The Labute approximate surface area is 120 Å². The summed E-state index contributed by atoms with van der Waals surface area (Å²) < 4.78 is 25.6. The molecule has 1 aromatic carbocycles. The molecule has 7 heteroatoms. The van der Waals surface area contributed by atoms with E-state index in [4.69, 9.17) is 5.73 Å². The average Bonchev–Trinajstić information content (AvgIpc) is 2.40. The molecular weight excluding hydrogens is 276 g/mol. The fourth-order valence-electron chi connectivity index (χ4n) is 2.22. The molecule has 0 aromatic heterocycles. The molecule has 0 aliphatic carbocycles. The summed E-state index contributed by atoms with van der Waals surface area (Å²) in [5, 5.41) is 0. The van der Waals surface area contributed by atoms with Crippen LogP contribution >= 0.6 is 0 Å². The molecule has 1 heterocycles. The number of hydrogen-bond donors (Lipinski definition) is 1. The molecule has 1 saturated heterocycles. The van der Waals surface area contributed by atoms with Gasteiger partial charge in [-0.05, 0) is 25.2 Å². The molecule has 0 saturated carbocycles. The zero-order valence-electron chi connectivity index (χ0n) is 12.2. The normalized spacial score (nSPS) is 17.7. The quantitative estimate of drug-likeness (QED) is 0.811. The molecule has 6 nitrogen and oxygen atoms in total. The summed E-state index contributed by atoms with van der Waals surface area (Å²) in [7, 11) is 1.71. The Morgan fingerprint density at radius 3 is 2.30 bits per heavy atom. The average molecular weight is 298 g/mol. The highest BCUT2D eigenvalue weighted by molar-refractivity contribution is 7.89. The molecule has 0 radical (unpaired) electrons. The molecule has 0 bridgehead atoms.